The van der Waals surface area contributed by atoms with Crippen LogP contribution in [0.4, 0.5) is 5.13 Å². The van der Waals surface area contributed by atoms with Gasteiger partial charge in [0.15, 0.2) is 5.13 Å². The molecule has 0 aliphatic carbocycles. The van der Waals surface area contributed by atoms with E-state index in [2.05, 4.69) is 62.8 Å². The van der Waals surface area contributed by atoms with Crippen molar-refractivity contribution in [1.82, 2.24) is 4.98 Å². The van der Waals surface area contributed by atoms with Crippen LogP contribution < -0.4 is 4.90 Å². The van der Waals surface area contributed by atoms with E-state index >= 15 is 0 Å². The highest BCUT2D eigenvalue weighted by Gasteiger charge is 2.09. The third kappa shape index (κ3) is 3.16. The van der Waals surface area contributed by atoms with Gasteiger partial charge in [0.25, 0.3) is 0 Å². The van der Waals surface area contributed by atoms with Crippen molar-refractivity contribution < 1.29 is 0 Å². The quantitative estimate of drug-likeness (QED) is 0.836. The van der Waals surface area contributed by atoms with E-state index < -0.39 is 0 Å². The molecule has 0 atom stereocenters. The summed E-state index contributed by atoms with van der Waals surface area (Å²) in [5.74, 6) is 0. The first-order valence-electron chi connectivity index (χ1n) is 6.69. The van der Waals surface area contributed by atoms with Crippen LogP contribution in [0, 0.1) is 27.7 Å². The number of rotatable bonds is 4. The van der Waals surface area contributed by atoms with E-state index in [-0.39, 0.29) is 0 Å². The third-order valence-electron chi connectivity index (χ3n) is 3.69. The van der Waals surface area contributed by atoms with Crippen molar-refractivity contribution >= 4 is 16.5 Å². The largest absolute Gasteiger partial charge is 0.351 e. The molecule has 102 valence electrons. The number of aryl methyl sites for hydroxylation is 4. The molecule has 0 aliphatic heterocycles. The molecule has 0 bridgehead atoms. The Bertz CT molecular complexity index is 532. The fourth-order valence-electron chi connectivity index (χ4n) is 2.24. The van der Waals surface area contributed by atoms with E-state index in [0.717, 1.165) is 23.8 Å². The smallest absolute Gasteiger partial charge is 0.185 e. The molecule has 1 aromatic carbocycles. The normalized spacial score (nSPS) is 10.8. The second kappa shape index (κ2) is 5.74. The number of hydrogen-bond donors (Lipinski definition) is 0. The van der Waals surface area contributed by atoms with Crippen molar-refractivity contribution in [2.45, 2.75) is 34.1 Å². The molecule has 0 unspecified atom stereocenters. The van der Waals surface area contributed by atoms with Gasteiger partial charge in [-0.15, -0.1) is 11.3 Å². The summed E-state index contributed by atoms with van der Waals surface area (Å²) in [6.45, 7) is 9.61. The molecule has 1 heterocycles. The summed E-state index contributed by atoms with van der Waals surface area (Å²) in [6, 6.07) is 6.52. The second-order valence-electron chi connectivity index (χ2n) is 5.18. The molecule has 0 saturated carbocycles. The van der Waals surface area contributed by atoms with Gasteiger partial charge < -0.3 is 4.90 Å². The summed E-state index contributed by atoms with van der Waals surface area (Å²) < 4.78 is 0. The average Bonchev–Trinajstić information content (AvgIpc) is 2.69. The topological polar surface area (TPSA) is 16.1 Å². The Morgan fingerprint density at radius 1 is 1.11 bits per heavy atom. The van der Waals surface area contributed by atoms with Gasteiger partial charge in [0.05, 0.1) is 5.69 Å². The van der Waals surface area contributed by atoms with Crippen molar-refractivity contribution in [3.8, 4) is 0 Å². The highest BCUT2D eigenvalue weighted by molar-refractivity contribution is 7.15. The lowest BCUT2D eigenvalue weighted by atomic mass is 10.0. The van der Waals surface area contributed by atoms with Gasteiger partial charge in [-0.25, -0.2) is 4.98 Å². The molecule has 0 aliphatic rings. The van der Waals surface area contributed by atoms with Gasteiger partial charge in [-0.05, 0) is 50.8 Å². The number of benzene rings is 1. The van der Waals surface area contributed by atoms with Gasteiger partial charge in [0.1, 0.15) is 0 Å². The van der Waals surface area contributed by atoms with Crippen LogP contribution in [0.25, 0.3) is 0 Å². The van der Waals surface area contributed by atoms with E-state index in [1.165, 1.54) is 21.6 Å². The summed E-state index contributed by atoms with van der Waals surface area (Å²) in [6.07, 6.45) is 1.08. The minimum absolute atomic E-state index is 1.01. The van der Waals surface area contributed by atoms with Crippen LogP contribution in [0.1, 0.15) is 27.3 Å². The van der Waals surface area contributed by atoms with Crippen LogP contribution in [0.2, 0.25) is 0 Å². The standard InChI is InChI=1S/C16H22N2S/c1-11-7-6-8-12(2)15(11)9-10-18(5)16-17-13(3)14(4)19-16/h6-8H,9-10H2,1-5H3. The van der Waals surface area contributed by atoms with E-state index in [4.69, 9.17) is 0 Å². The first kappa shape index (κ1) is 14.1. The molecule has 19 heavy (non-hydrogen) atoms. The molecule has 1 aromatic heterocycles. The SMILES string of the molecule is Cc1cccc(C)c1CCN(C)c1nc(C)c(C)s1. The Labute approximate surface area is 120 Å². The number of anilines is 1. The van der Waals surface area contributed by atoms with Crippen molar-refractivity contribution in [2.24, 2.45) is 0 Å². The lowest BCUT2D eigenvalue weighted by Gasteiger charge is -2.17. The third-order valence-corrected chi connectivity index (χ3v) is 4.87. The molecule has 0 spiro atoms. The van der Waals surface area contributed by atoms with Crippen molar-refractivity contribution in [3.63, 3.8) is 0 Å². The Balaban J connectivity index is 2.06. The maximum Gasteiger partial charge on any atom is 0.185 e. The van der Waals surface area contributed by atoms with Gasteiger partial charge >= 0.3 is 0 Å². The predicted molar refractivity (Wildman–Crippen MR) is 84.5 cm³/mol. The number of aromatic nitrogens is 1. The summed E-state index contributed by atoms with van der Waals surface area (Å²) >= 11 is 1.78. The zero-order valence-electron chi connectivity index (χ0n) is 12.4. The Kier molecular flexibility index (Phi) is 4.25. The summed E-state index contributed by atoms with van der Waals surface area (Å²) in [7, 11) is 2.13. The van der Waals surface area contributed by atoms with E-state index in [1.54, 1.807) is 11.3 Å². The maximum atomic E-state index is 4.61. The van der Waals surface area contributed by atoms with E-state index in [9.17, 15) is 0 Å². The fourth-order valence-corrected chi connectivity index (χ4v) is 3.13. The van der Waals surface area contributed by atoms with Gasteiger partial charge in [0, 0.05) is 18.5 Å². The van der Waals surface area contributed by atoms with Crippen molar-refractivity contribution in [3.05, 3.63) is 45.5 Å². The number of hydrogen-bond acceptors (Lipinski definition) is 3. The first-order valence-corrected chi connectivity index (χ1v) is 7.51. The molecular formula is C16H22N2S. The minimum Gasteiger partial charge on any atom is -0.351 e. The summed E-state index contributed by atoms with van der Waals surface area (Å²) in [4.78, 5) is 8.19. The lowest BCUT2D eigenvalue weighted by molar-refractivity contribution is 0.859. The van der Waals surface area contributed by atoms with Crippen LogP contribution in [0.5, 0.6) is 0 Å². The summed E-state index contributed by atoms with van der Waals surface area (Å²) in [5.41, 5.74) is 5.40. The van der Waals surface area contributed by atoms with Crippen LogP contribution >= 0.6 is 11.3 Å². The van der Waals surface area contributed by atoms with Crippen LogP contribution in [0.15, 0.2) is 18.2 Å². The van der Waals surface area contributed by atoms with Crippen LogP contribution in [0.3, 0.4) is 0 Å². The Morgan fingerprint density at radius 2 is 1.74 bits per heavy atom. The molecule has 0 fully saturated rings. The summed E-state index contributed by atoms with van der Waals surface area (Å²) in [5, 5.41) is 1.13. The Hall–Kier alpha value is -1.35. The molecular weight excluding hydrogens is 252 g/mol. The molecule has 0 amide bonds. The molecule has 2 aromatic rings. The van der Waals surface area contributed by atoms with Crippen LogP contribution in [-0.2, 0) is 6.42 Å². The first-order chi connectivity index (χ1) is 8.99. The van der Waals surface area contributed by atoms with Crippen molar-refractivity contribution in [1.29, 1.82) is 0 Å². The highest BCUT2D eigenvalue weighted by Crippen LogP contribution is 2.24. The molecule has 0 N–H and O–H groups in total. The average molecular weight is 274 g/mol. The Morgan fingerprint density at radius 3 is 2.26 bits per heavy atom. The second-order valence-corrected chi connectivity index (χ2v) is 6.36. The molecule has 0 radical (unpaired) electrons. The zero-order valence-corrected chi connectivity index (χ0v) is 13.3. The number of nitrogens with zero attached hydrogens (tertiary/aromatic N) is 2. The number of thiazole rings is 1. The fraction of sp³-hybridized carbons (Fsp3) is 0.438. The van der Waals surface area contributed by atoms with Gasteiger partial charge in [0.2, 0.25) is 0 Å². The lowest BCUT2D eigenvalue weighted by Crippen LogP contribution is -2.20. The predicted octanol–water partition coefficient (Wildman–Crippen LogP) is 4.06. The highest BCUT2D eigenvalue weighted by atomic mass is 32.1. The number of likely N-dealkylation sites (N-methyl/N-ethyl adjacent to an activating group) is 1. The molecule has 3 heteroatoms. The molecule has 2 nitrogen and oxygen atoms in total. The monoisotopic (exact) mass is 274 g/mol. The van der Waals surface area contributed by atoms with E-state index in [0.29, 0.717) is 0 Å². The maximum absolute atomic E-state index is 4.61. The minimum atomic E-state index is 1.01. The van der Waals surface area contributed by atoms with Gasteiger partial charge in [-0.1, -0.05) is 18.2 Å². The van der Waals surface area contributed by atoms with E-state index in [1.807, 2.05) is 0 Å². The molecule has 0 saturated heterocycles. The molecule has 2 rings (SSSR count). The van der Waals surface area contributed by atoms with Crippen molar-refractivity contribution in [2.75, 3.05) is 18.5 Å². The zero-order chi connectivity index (χ0) is 14.0. The van der Waals surface area contributed by atoms with Gasteiger partial charge in [-0.2, -0.15) is 0 Å². The van der Waals surface area contributed by atoms with Gasteiger partial charge in [-0.3, -0.25) is 0 Å². The van der Waals surface area contributed by atoms with Crippen LogP contribution in [-0.4, -0.2) is 18.6 Å².